The number of carbonyl (C=O) groups is 2. The summed E-state index contributed by atoms with van der Waals surface area (Å²) in [5.74, 6) is -1.10. The van der Waals surface area contributed by atoms with Crippen molar-refractivity contribution in [3.63, 3.8) is 0 Å². The minimum Gasteiger partial charge on any atom is -0.481 e. The van der Waals surface area contributed by atoms with Crippen LogP contribution in [0.5, 0.6) is 0 Å². The van der Waals surface area contributed by atoms with E-state index in [1.165, 1.54) is 18.3 Å². The monoisotopic (exact) mass is 214 g/mol. The predicted octanol–water partition coefficient (Wildman–Crippen LogP) is 1.04. The molecule has 1 heterocycles. The van der Waals surface area contributed by atoms with Gasteiger partial charge in [0.05, 0.1) is 12.1 Å². The summed E-state index contributed by atoms with van der Waals surface area (Å²) in [6.45, 7) is 3.10. The Morgan fingerprint density at radius 3 is 2.71 bits per heavy atom. The van der Waals surface area contributed by atoms with Crippen LogP contribution >= 0.6 is 11.3 Å². The highest BCUT2D eigenvalue weighted by molar-refractivity contribution is 7.16. The van der Waals surface area contributed by atoms with Crippen molar-refractivity contribution < 1.29 is 14.7 Å². The molecule has 0 aliphatic rings. The number of aromatic nitrogens is 1. The molecule has 0 aliphatic carbocycles. The maximum absolute atomic E-state index is 10.7. The number of hydrogen-bond donors (Lipinski definition) is 2. The molecule has 6 heteroatoms. The number of nitrogens with one attached hydrogen (secondary N) is 1. The largest absolute Gasteiger partial charge is 0.481 e. The molecule has 0 spiro atoms. The Morgan fingerprint density at radius 2 is 2.21 bits per heavy atom. The van der Waals surface area contributed by atoms with Crippen LogP contribution in [0.2, 0.25) is 0 Å². The van der Waals surface area contributed by atoms with Crippen molar-refractivity contribution in [3.8, 4) is 0 Å². The van der Waals surface area contributed by atoms with Crippen LogP contribution in [0.1, 0.15) is 17.5 Å². The quantitative estimate of drug-likeness (QED) is 0.787. The highest BCUT2D eigenvalue weighted by atomic mass is 32.1. The summed E-state index contributed by atoms with van der Waals surface area (Å²) in [5.41, 5.74) is 0.654. The number of nitrogens with zero attached hydrogens (tertiary/aromatic N) is 1. The van der Waals surface area contributed by atoms with Crippen LogP contribution in [0.4, 0.5) is 5.13 Å². The zero-order chi connectivity index (χ0) is 10.7. The molecular weight excluding hydrogens is 204 g/mol. The highest BCUT2D eigenvalue weighted by Crippen LogP contribution is 2.22. The van der Waals surface area contributed by atoms with Crippen molar-refractivity contribution in [2.75, 3.05) is 5.32 Å². The van der Waals surface area contributed by atoms with Gasteiger partial charge in [-0.15, -0.1) is 11.3 Å². The van der Waals surface area contributed by atoms with Gasteiger partial charge in [0, 0.05) is 11.8 Å². The molecule has 0 saturated carbocycles. The zero-order valence-electron chi connectivity index (χ0n) is 7.83. The van der Waals surface area contributed by atoms with Crippen molar-refractivity contribution >= 4 is 28.3 Å². The third kappa shape index (κ3) is 2.81. The first-order valence-corrected chi connectivity index (χ1v) is 4.76. The zero-order valence-corrected chi connectivity index (χ0v) is 8.64. The number of aliphatic carboxylic acids is 1. The van der Waals surface area contributed by atoms with Crippen LogP contribution in [0.25, 0.3) is 0 Å². The molecule has 1 aromatic rings. The van der Waals surface area contributed by atoms with Gasteiger partial charge in [0.25, 0.3) is 0 Å². The lowest BCUT2D eigenvalue weighted by atomic mass is 10.3. The van der Waals surface area contributed by atoms with Gasteiger partial charge < -0.3 is 10.4 Å². The second-order valence-corrected chi connectivity index (χ2v) is 3.86. The van der Waals surface area contributed by atoms with E-state index in [0.717, 1.165) is 0 Å². The van der Waals surface area contributed by atoms with Gasteiger partial charge in [-0.05, 0) is 6.92 Å². The first-order valence-electron chi connectivity index (χ1n) is 3.94. The second kappa shape index (κ2) is 4.19. The Bertz CT molecular complexity index is 373. The summed E-state index contributed by atoms with van der Waals surface area (Å²) in [6, 6.07) is 0. The van der Waals surface area contributed by atoms with Gasteiger partial charge in [0.15, 0.2) is 5.13 Å². The Hall–Kier alpha value is -1.43. The standard InChI is InChI=1S/C8H10N2O3S/c1-4-6(3-7(12)13)14-8(9-4)10-5(2)11/h3H2,1-2H3,(H,12,13)(H,9,10,11). The Morgan fingerprint density at radius 1 is 1.57 bits per heavy atom. The number of carbonyl (C=O) groups excluding carboxylic acids is 1. The first kappa shape index (κ1) is 10.6. The summed E-state index contributed by atoms with van der Waals surface area (Å²) < 4.78 is 0. The van der Waals surface area contributed by atoms with Crippen molar-refractivity contribution in [1.29, 1.82) is 0 Å². The molecule has 0 radical (unpaired) electrons. The van der Waals surface area contributed by atoms with Crippen LogP contribution in [0.15, 0.2) is 0 Å². The number of aryl methyl sites for hydroxylation is 1. The van der Waals surface area contributed by atoms with E-state index in [0.29, 0.717) is 15.7 Å². The molecule has 2 N–H and O–H groups in total. The van der Waals surface area contributed by atoms with E-state index < -0.39 is 5.97 Å². The molecule has 1 amide bonds. The minimum absolute atomic E-state index is 0.0525. The number of hydrogen-bond acceptors (Lipinski definition) is 4. The smallest absolute Gasteiger partial charge is 0.308 e. The molecule has 1 aromatic heterocycles. The number of rotatable bonds is 3. The SMILES string of the molecule is CC(=O)Nc1nc(C)c(CC(=O)O)s1. The third-order valence-corrected chi connectivity index (χ3v) is 2.56. The van der Waals surface area contributed by atoms with E-state index in [2.05, 4.69) is 10.3 Å². The molecular formula is C8H10N2O3S. The Labute approximate surface area is 84.8 Å². The van der Waals surface area contributed by atoms with E-state index in [1.54, 1.807) is 6.92 Å². The lowest BCUT2D eigenvalue weighted by Gasteiger charge is -1.92. The van der Waals surface area contributed by atoms with E-state index in [9.17, 15) is 9.59 Å². The topological polar surface area (TPSA) is 79.3 Å². The predicted molar refractivity (Wildman–Crippen MR) is 52.5 cm³/mol. The number of amides is 1. The number of carboxylic acids is 1. The molecule has 0 unspecified atom stereocenters. The highest BCUT2D eigenvalue weighted by Gasteiger charge is 2.11. The van der Waals surface area contributed by atoms with Gasteiger partial charge >= 0.3 is 5.97 Å². The van der Waals surface area contributed by atoms with E-state index in [1.807, 2.05) is 0 Å². The summed E-state index contributed by atoms with van der Waals surface area (Å²) >= 11 is 1.19. The average molecular weight is 214 g/mol. The van der Waals surface area contributed by atoms with Gasteiger partial charge in [0.2, 0.25) is 5.91 Å². The van der Waals surface area contributed by atoms with Crippen molar-refractivity contribution in [2.24, 2.45) is 0 Å². The summed E-state index contributed by atoms with van der Waals surface area (Å²) in [4.78, 5) is 25.8. The number of anilines is 1. The normalized spacial score (nSPS) is 9.86. The van der Waals surface area contributed by atoms with Crippen molar-refractivity contribution in [2.45, 2.75) is 20.3 Å². The van der Waals surface area contributed by atoms with Gasteiger partial charge in [-0.1, -0.05) is 0 Å². The van der Waals surface area contributed by atoms with Crippen molar-refractivity contribution in [3.05, 3.63) is 10.6 Å². The molecule has 0 aromatic carbocycles. The van der Waals surface area contributed by atoms with Gasteiger partial charge in [-0.2, -0.15) is 0 Å². The summed E-state index contributed by atoms with van der Waals surface area (Å²) in [5, 5.41) is 11.5. The van der Waals surface area contributed by atoms with Crippen LogP contribution in [0.3, 0.4) is 0 Å². The maximum atomic E-state index is 10.7. The van der Waals surface area contributed by atoms with Gasteiger partial charge in [-0.3, -0.25) is 9.59 Å². The van der Waals surface area contributed by atoms with E-state index in [-0.39, 0.29) is 12.3 Å². The fraction of sp³-hybridized carbons (Fsp3) is 0.375. The Balaban J connectivity index is 2.81. The molecule has 76 valence electrons. The van der Waals surface area contributed by atoms with Crippen LogP contribution in [-0.4, -0.2) is 22.0 Å². The van der Waals surface area contributed by atoms with E-state index in [4.69, 9.17) is 5.11 Å². The molecule has 1 rings (SSSR count). The molecule has 0 bridgehead atoms. The van der Waals surface area contributed by atoms with Crippen LogP contribution in [-0.2, 0) is 16.0 Å². The van der Waals surface area contributed by atoms with Crippen LogP contribution in [0, 0.1) is 6.92 Å². The fourth-order valence-electron chi connectivity index (χ4n) is 0.933. The van der Waals surface area contributed by atoms with Gasteiger partial charge in [-0.25, -0.2) is 4.98 Å². The molecule has 0 fully saturated rings. The Kier molecular flexibility index (Phi) is 3.19. The van der Waals surface area contributed by atoms with Gasteiger partial charge in [0.1, 0.15) is 0 Å². The molecule has 14 heavy (non-hydrogen) atoms. The number of carboxylic acid groups (broad SMARTS) is 1. The molecule has 0 saturated heterocycles. The summed E-state index contributed by atoms with van der Waals surface area (Å²) in [7, 11) is 0. The number of thiazole rings is 1. The van der Waals surface area contributed by atoms with Crippen LogP contribution < -0.4 is 5.32 Å². The van der Waals surface area contributed by atoms with E-state index >= 15 is 0 Å². The van der Waals surface area contributed by atoms with Crippen molar-refractivity contribution in [1.82, 2.24) is 4.98 Å². The fourth-order valence-corrected chi connectivity index (χ4v) is 1.93. The lowest BCUT2D eigenvalue weighted by Crippen LogP contribution is -2.04. The second-order valence-electron chi connectivity index (χ2n) is 2.78. The maximum Gasteiger partial charge on any atom is 0.308 e. The molecule has 5 nitrogen and oxygen atoms in total. The average Bonchev–Trinajstić information content (AvgIpc) is 2.28. The first-order chi connectivity index (χ1) is 6.49. The lowest BCUT2D eigenvalue weighted by molar-refractivity contribution is -0.136. The minimum atomic E-state index is -0.897. The third-order valence-electron chi connectivity index (χ3n) is 1.49. The molecule has 0 atom stereocenters. The summed E-state index contributed by atoms with van der Waals surface area (Å²) in [6.07, 6.45) is -0.0525. The molecule has 0 aliphatic heterocycles.